The number of carbonyl (C=O) groups excluding carboxylic acids is 1. The van der Waals surface area contributed by atoms with E-state index in [0.717, 1.165) is 17.7 Å². The lowest BCUT2D eigenvalue weighted by atomic mass is 10.1. The Morgan fingerprint density at radius 3 is 2.50 bits per heavy atom. The van der Waals surface area contributed by atoms with Crippen LogP contribution in [0.15, 0.2) is 59.7 Å². The van der Waals surface area contributed by atoms with E-state index >= 15 is 0 Å². The van der Waals surface area contributed by atoms with E-state index < -0.39 is 0 Å². The largest absolute Gasteiger partial charge is 0.273 e. The van der Waals surface area contributed by atoms with E-state index in [9.17, 15) is 4.79 Å². The third kappa shape index (κ3) is 3.37. The van der Waals surface area contributed by atoms with Gasteiger partial charge in [-0.3, -0.25) is 4.79 Å². The van der Waals surface area contributed by atoms with Gasteiger partial charge in [-0.2, -0.15) is 5.10 Å². The van der Waals surface area contributed by atoms with Gasteiger partial charge in [-0.1, -0.05) is 54.1 Å². The van der Waals surface area contributed by atoms with E-state index in [1.54, 1.807) is 0 Å². The Bertz CT molecular complexity index is 695. The van der Waals surface area contributed by atoms with Crippen molar-refractivity contribution in [3.05, 3.63) is 70.7 Å². The van der Waals surface area contributed by atoms with Gasteiger partial charge in [0.25, 0.3) is 0 Å². The van der Waals surface area contributed by atoms with Crippen molar-refractivity contribution < 1.29 is 4.79 Å². The summed E-state index contributed by atoms with van der Waals surface area (Å²) in [5.74, 6) is 0.346. The van der Waals surface area contributed by atoms with Gasteiger partial charge in [0.1, 0.15) is 0 Å². The van der Waals surface area contributed by atoms with Gasteiger partial charge in [0.2, 0.25) is 5.91 Å². The number of amides is 1. The molecule has 112 valence electrons. The first-order chi connectivity index (χ1) is 10.6. The molecule has 0 saturated heterocycles. The molecule has 2 aromatic carbocycles. The summed E-state index contributed by atoms with van der Waals surface area (Å²) in [5.41, 5.74) is 5.61. The van der Waals surface area contributed by atoms with Crippen molar-refractivity contribution in [2.24, 2.45) is 11.0 Å². The van der Waals surface area contributed by atoms with E-state index in [-0.39, 0.29) is 11.8 Å². The standard InChI is InChI=1S/C18H17ClN2O/c1-12(13-7-9-15(19)10-8-13)20-21-18(22)17-11-16(17)14-5-3-2-4-6-14/h2-10,16-17H,11H2,1H3,(H,21,22). The molecule has 0 aliphatic heterocycles. The maximum atomic E-state index is 12.1. The molecular weight excluding hydrogens is 296 g/mol. The summed E-state index contributed by atoms with van der Waals surface area (Å²) in [7, 11) is 0. The third-order valence-electron chi connectivity index (χ3n) is 3.95. The van der Waals surface area contributed by atoms with Crippen LogP contribution in [0.25, 0.3) is 0 Å². The number of hydrogen-bond acceptors (Lipinski definition) is 2. The van der Waals surface area contributed by atoms with Gasteiger partial charge in [-0.25, -0.2) is 5.43 Å². The van der Waals surface area contributed by atoms with Crippen LogP contribution in [-0.4, -0.2) is 11.6 Å². The molecule has 1 aliphatic carbocycles. The highest BCUT2D eigenvalue weighted by Crippen LogP contribution is 2.47. The van der Waals surface area contributed by atoms with Crippen LogP contribution < -0.4 is 5.43 Å². The predicted molar refractivity (Wildman–Crippen MR) is 89.1 cm³/mol. The quantitative estimate of drug-likeness (QED) is 0.673. The summed E-state index contributed by atoms with van der Waals surface area (Å²) in [4.78, 5) is 12.1. The van der Waals surface area contributed by atoms with Crippen LogP contribution in [0.5, 0.6) is 0 Å². The number of nitrogens with one attached hydrogen (secondary N) is 1. The van der Waals surface area contributed by atoms with Crippen molar-refractivity contribution in [3.63, 3.8) is 0 Å². The lowest BCUT2D eigenvalue weighted by Crippen LogP contribution is -2.21. The summed E-state index contributed by atoms with van der Waals surface area (Å²) in [6.07, 6.45) is 0.894. The second-order valence-corrected chi connectivity index (χ2v) is 5.98. The maximum absolute atomic E-state index is 12.1. The second kappa shape index (κ2) is 6.32. The number of benzene rings is 2. The van der Waals surface area contributed by atoms with Gasteiger partial charge >= 0.3 is 0 Å². The Balaban J connectivity index is 1.59. The Morgan fingerprint density at radius 2 is 1.82 bits per heavy atom. The van der Waals surface area contributed by atoms with Gasteiger partial charge < -0.3 is 0 Å². The highest BCUT2D eigenvalue weighted by atomic mass is 35.5. The summed E-state index contributed by atoms with van der Waals surface area (Å²) >= 11 is 5.86. The molecular formula is C18H17ClN2O. The molecule has 0 radical (unpaired) electrons. The third-order valence-corrected chi connectivity index (χ3v) is 4.20. The predicted octanol–water partition coefficient (Wildman–Crippen LogP) is 3.98. The molecule has 1 aliphatic rings. The van der Waals surface area contributed by atoms with Crippen LogP contribution in [0, 0.1) is 5.92 Å². The highest BCUT2D eigenvalue weighted by molar-refractivity contribution is 6.30. The molecule has 22 heavy (non-hydrogen) atoms. The first kappa shape index (κ1) is 14.8. The SMILES string of the molecule is CC(=NNC(=O)C1CC1c1ccccc1)c1ccc(Cl)cc1. The van der Waals surface area contributed by atoms with Crippen molar-refractivity contribution in [3.8, 4) is 0 Å². The Hall–Kier alpha value is -2.13. The smallest absolute Gasteiger partial charge is 0.243 e. The molecule has 1 fully saturated rings. The number of hydrazone groups is 1. The average Bonchev–Trinajstić information content (AvgIpc) is 3.34. The first-order valence-electron chi connectivity index (χ1n) is 7.30. The van der Waals surface area contributed by atoms with Crippen LogP contribution in [0.4, 0.5) is 0 Å². The van der Waals surface area contributed by atoms with Crippen LogP contribution in [0.1, 0.15) is 30.4 Å². The van der Waals surface area contributed by atoms with Crippen LogP contribution in [0.3, 0.4) is 0 Å². The minimum absolute atomic E-state index is 0.0119. The molecule has 3 nitrogen and oxygen atoms in total. The zero-order chi connectivity index (χ0) is 15.5. The van der Waals surface area contributed by atoms with Gasteiger partial charge in [0.15, 0.2) is 0 Å². The molecule has 2 aromatic rings. The molecule has 2 unspecified atom stereocenters. The van der Waals surface area contributed by atoms with Crippen LogP contribution >= 0.6 is 11.6 Å². The Labute approximate surface area is 135 Å². The molecule has 2 atom stereocenters. The van der Waals surface area contributed by atoms with Crippen molar-refractivity contribution >= 4 is 23.2 Å². The van der Waals surface area contributed by atoms with E-state index in [1.165, 1.54) is 5.56 Å². The summed E-state index contributed by atoms with van der Waals surface area (Å²) in [5, 5.41) is 4.87. The van der Waals surface area contributed by atoms with E-state index in [1.807, 2.05) is 49.4 Å². The van der Waals surface area contributed by atoms with Crippen molar-refractivity contribution in [2.45, 2.75) is 19.3 Å². The summed E-state index contributed by atoms with van der Waals surface area (Å²) in [6, 6.07) is 17.5. The number of halogens is 1. The first-order valence-corrected chi connectivity index (χ1v) is 7.68. The fourth-order valence-corrected chi connectivity index (χ4v) is 2.66. The van der Waals surface area contributed by atoms with E-state index in [4.69, 9.17) is 11.6 Å². The van der Waals surface area contributed by atoms with Crippen molar-refractivity contribution in [1.29, 1.82) is 0 Å². The fourth-order valence-electron chi connectivity index (χ4n) is 2.53. The topological polar surface area (TPSA) is 41.5 Å². The Kier molecular flexibility index (Phi) is 4.25. The van der Waals surface area contributed by atoms with E-state index in [2.05, 4.69) is 22.7 Å². The molecule has 0 heterocycles. The lowest BCUT2D eigenvalue weighted by molar-refractivity contribution is -0.122. The Morgan fingerprint density at radius 1 is 1.14 bits per heavy atom. The molecule has 0 bridgehead atoms. The fraction of sp³-hybridized carbons (Fsp3) is 0.222. The summed E-state index contributed by atoms with van der Waals surface area (Å²) in [6.45, 7) is 1.87. The van der Waals surface area contributed by atoms with Gasteiger partial charge in [0, 0.05) is 10.9 Å². The zero-order valence-electron chi connectivity index (χ0n) is 12.3. The molecule has 0 aromatic heterocycles. The average molecular weight is 313 g/mol. The second-order valence-electron chi connectivity index (χ2n) is 5.54. The highest BCUT2D eigenvalue weighted by Gasteiger charge is 2.43. The van der Waals surface area contributed by atoms with Crippen LogP contribution in [-0.2, 0) is 4.79 Å². The number of carbonyl (C=O) groups is 1. The van der Waals surface area contributed by atoms with Crippen LogP contribution in [0.2, 0.25) is 5.02 Å². The van der Waals surface area contributed by atoms with Gasteiger partial charge in [-0.15, -0.1) is 0 Å². The molecule has 1 amide bonds. The zero-order valence-corrected chi connectivity index (χ0v) is 13.0. The number of nitrogens with zero attached hydrogens (tertiary/aromatic N) is 1. The van der Waals surface area contributed by atoms with Gasteiger partial charge in [0.05, 0.1) is 5.71 Å². The molecule has 3 rings (SSSR count). The normalized spacial score (nSPS) is 20.5. The molecule has 1 N–H and O–H groups in total. The maximum Gasteiger partial charge on any atom is 0.243 e. The minimum atomic E-state index is -0.0119. The molecule has 4 heteroatoms. The minimum Gasteiger partial charge on any atom is -0.273 e. The number of hydrogen-bond donors (Lipinski definition) is 1. The monoisotopic (exact) mass is 312 g/mol. The summed E-state index contributed by atoms with van der Waals surface area (Å²) < 4.78 is 0. The number of rotatable bonds is 4. The van der Waals surface area contributed by atoms with Gasteiger partial charge in [-0.05, 0) is 42.5 Å². The molecule has 0 spiro atoms. The van der Waals surface area contributed by atoms with Crippen molar-refractivity contribution in [1.82, 2.24) is 5.43 Å². The van der Waals surface area contributed by atoms with Crippen molar-refractivity contribution in [2.75, 3.05) is 0 Å². The molecule has 1 saturated carbocycles. The lowest BCUT2D eigenvalue weighted by Gasteiger charge is -2.03. The van der Waals surface area contributed by atoms with E-state index in [0.29, 0.717) is 10.9 Å².